The maximum Gasteiger partial charge on any atom is 0.254 e. The number of aromatic nitrogens is 2. The molecule has 100 valence electrons. The van der Waals surface area contributed by atoms with Gasteiger partial charge in [-0.15, -0.1) is 0 Å². The van der Waals surface area contributed by atoms with E-state index in [-0.39, 0.29) is 11.7 Å². The molecule has 0 saturated heterocycles. The van der Waals surface area contributed by atoms with Gasteiger partial charge in [-0.25, -0.2) is 0 Å². The minimum atomic E-state index is -0.441. The molecule has 0 radical (unpaired) electrons. The van der Waals surface area contributed by atoms with E-state index in [9.17, 15) is 9.90 Å². The lowest BCUT2D eigenvalue weighted by Crippen LogP contribution is -2.07. The number of rotatable bonds is 3. The average molecular weight is 327 g/mol. The highest BCUT2D eigenvalue weighted by atomic mass is 79.9. The topological polar surface area (TPSA) is 84.4 Å². The summed E-state index contributed by atoms with van der Waals surface area (Å²) in [5.74, 6) is 0.922. The number of nitrogens with zero attached hydrogens (tertiary/aromatic N) is 1. The molecule has 0 aliphatic carbocycles. The van der Waals surface area contributed by atoms with Gasteiger partial charge in [0.2, 0.25) is 5.88 Å². The Hall–Kier alpha value is -2.02. The summed E-state index contributed by atoms with van der Waals surface area (Å²) in [6.45, 7) is 0. The molecule has 0 spiro atoms. The number of hydrogen-bond donors (Lipinski definition) is 2. The fourth-order valence-corrected chi connectivity index (χ4v) is 2.12. The zero-order valence-electron chi connectivity index (χ0n) is 10.2. The van der Waals surface area contributed by atoms with Gasteiger partial charge in [-0.2, -0.15) is 4.98 Å². The molecule has 0 fully saturated rings. The quantitative estimate of drug-likeness (QED) is 0.900. The van der Waals surface area contributed by atoms with E-state index >= 15 is 0 Å². The second-order valence-corrected chi connectivity index (χ2v) is 4.49. The molecule has 0 unspecified atom stereocenters. The third kappa shape index (κ3) is 2.70. The zero-order chi connectivity index (χ0) is 14.0. The number of methoxy groups -OCH3 is 2. The van der Waals surface area contributed by atoms with Gasteiger partial charge in [0.25, 0.3) is 5.56 Å². The lowest BCUT2D eigenvalue weighted by molar-refractivity contribution is 0.355. The predicted octanol–water partition coefficient (Wildman–Crippen LogP) is 1.92. The first-order chi connectivity index (χ1) is 9.05. The molecule has 0 saturated carbocycles. The smallest absolute Gasteiger partial charge is 0.254 e. The van der Waals surface area contributed by atoms with Crippen molar-refractivity contribution in [3.8, 4) is 28.8 Å². The third-order valence-corrected chi connectivity index (χ3v) is 3.11. The first kappa shape index (κ1) is 13.4. The van der Waals surface area contributed by atoms with Crippen LogP contribution in [0.15, 0.2) is 27.5 Å². The average Bonchev–Trinajstić information content (AvgIpc) is 2.37. The molecule has 2 N–H and O–H groups in total. The van der Waals surface area contributed by atoms with E-state index in [2.05, 4.69) is 25.9 Å². The van der Waals surface area contributed by atoms with Crippen molar-refractivity contribution in [2.45, 2.75) is 0 Å². The first-order valence-electron chi connectivity index (χ1n) is 5.27. The summed E-state index contributed by atoms with van der Waals surface area (Å²) in [5.41, 5.74) is 0.134. The molecule has 19 heavy (non-hydrogen) atoms. The largest absolute Gasteiger partial charge is 0.493 e. The molecule has 0 amide bonds. The van der Waals surface area contributed by atoms with Crippen LogP contribution in [0.25, 0.3) is 11.4 Å². The number of hydrogen-bond acceptors (Lipinski definition) is 5. The Kier molecular flexibility index (Phi) is 3.75. The molecule has 1 aromatic carbocycles. The lowest BCUT2D eigenvalue weighted by Gasteiger charge is -2.11. The van der Waals surface area contributed by atoms with Crippen molar-refractivity contribution in [3.63, 3.8) is 0 Å². The van der Waals surface area contributed by atoms with E-state index < -0.39 is 5.56 Å². The Morgan fingerprint density at radius 3 is 2.42 bits per heavy atom. The Labute approximate surface area is 117 Å². The Morgan fingerprint density at radius 1 is 1.21 bits per heavy atom. The second kappa shape index (κ2) is 5.31. The first-order valence-corrected chi connectivity index (χ1v) is 6.06. The Morgan fingerprint density at radius 2 is 1.84 bits per heavy atom. The predicted molar refractivity (Wildman–Crippen MR) is 72.8 cm³/mol. The molecule has 0 atom stereocenters. The zero-order valence-corrected chi connectivity index (χ0v) is 11.8. The molecule has 6 nitrogen and oxygen atoms in total. The Bertz CT molecular complexity index is 669. The third-order valence-electron chi connectivity index (χ3n) is 2.46. The maximum atomic E-state index is 11.3. The van der Waals surface area contributed by atoms with Crippen LogP contribution in [0.4, 0.5) is 0 Å². The molecule has 0 aliphatic rings. The molecular formula is C12H11BrN2O4. The van der Waals surface area contributed by atoms with E-state index in [0.29, 0.717) is 21.5 Å². The van der Waals surface area contributed by atoms with Gasteiger partial charge in [0.1, 0.15) is 5.82 Å². The van der Waals surface area contributed by atoms with Crippen molar-refractivity contribution in [1.29, 1.82) is 0 Å². The summed E-state index contributed by atoms with van der Waals surface area (Å²) in [6, 6.07) is 4.34. The highest BCUT2D eigenvalue weighted by molar-refractivity contribution is 9.10. The van der Waals surface area contributed by atoms with Crippen LogP contribution in [-0.2, 0) is 0 Å². The standard InChI is InChI=1S/C12H11BrN2O4/c1-18-8-3-6(7(13)4-9(8)19-2)12-14-10(16)5-11(17)15-12/h3-5H,1-2H3,(H2,14,15,16,17). The number of aromatic amines is 1. The van der Waals surface area contributed by atoms with E-state index in [0.717, 1.165) is 6.07 Å². The van der Waals surface area contributed by atoms with Gasteiger partial charge in [0.15, 0.2) is 11.5 Å². The van der Waals surface area contributed by atoms with Crippen LogP contribution in [0.3, 0.4) is 0 Å². The summed E-state index contributed by atoms with van der Waals surface area (Å²) in [4.78, 5) is 17.8. The summed E-state index contributed by atoms with van der Waals surface area (Å²) in [5, 5.41) is 9.37. The monoisotopic (exact) mass is 326 g/mol. The number of H-pyrrole nitrogens is 1. The SMILES string of the molecule is COc1cc(Br)c(-c2nc(O)cc(=O)[nH]2)cc1OC. The molecule has 7 heteroatoms. The van der Waals surface area contributed by atoms with Crippen LogP contribution >= 0.6 is 15.9 Å². The molecule has 0 aliphatic heterocycles. The van der Waals surface area contributed by atoms with E-state index in [1.165, 1.54) is 14.2 Å². The Balaban J connectivity index is 2.64. The fraction of sp³-hybridized carbons (Fsp3) is 0.167. The summed E-state index contributed by atoms with van der Waals surface area (Å²) in [7, 11) is 3.03. The van der Waals surface area contributed by atoms with Crippen LogP contribution < -0.4 is 15.0 Å². The van der Waals surface area contributed by atoms with Gasteiger partial charge in [0.05, 0.1) is 20.3 Å². The van der Waals surface area contributed by atoms with Crippen LogP contribution in [0.2, 0.25) is 0 Å². The van der Waals surface area contributed by atoms with Gasteiger partial charge in [-0.3, -0.25) is 4.79 Å². The number of ether oxygens (including phenoxy) is 2. The highest BCUT2D eigenvalue weighted by Crippen LogP contribution is 2.37. The lowest BCUT2D eigenvalue weighted by atomic mass is 10.2. The van der Waals surface area contributed by atoms with E-state index in [1.807, 2.05) is 0 Å². The fourth-order valence-electron chi connectivity index (χ4n) is 1.61. The van der Waals surface area contributed by atoms with Gasteiger partial charge in [-0.1, -0.05) is 0 Å². The van der Waals surface area contributed by atoms with E-state index in [4.69, 9.17) is 9.47 Å². The van der Waals surface area contributed by atoms with Gasteiger partial charge >= 0.3 is 0 Å². The van der Waals surface area contributed by atoms with Crippen LogP contribution in [0.1, 0.15) is 0 Å². The molecular weight excluding hydrogens is 316 g/mol. The second-order valence-electron chi connectivity index (χ2n) is 3.64. The molecule has 2 rings (SSSR count). The summed E-state index contributed by atoms with van der Waals surface area (Å²) >= 11 is 3.36. The van der Waals surface area contributed by atoms with Gasteiger partial charge < -0.3 is 19.6 Å². The maximum absolute atomic E-state index is 11.3. The highest BCUT2D eigenvalue weighted by Gasteiger charge is 2.13. The van der Waals surface area contributed by atoms with Crippen molar-refractivity contribution < 1.29 is 14.6 Å². The van der Waals surface area contributed by atoms with Gasteiger partial charge in [-0.05, 0) is 28.1 Å². The number of benzene rings is 1. The minimum Gasteiger partial charge on any atom is -0.493 e. The van der Waals surface area contributed by atoms with Crippen LogP contribution in [0.5, 0.6) is 17.4 Å². The van der Waals surface area contributed by atoms with Crippen molar-refractivity contribution in [1.82, 2.24) is 9.97 Å². The molecule has 2 aromatic rings. The minimum absolute atomic E-state index is 0.234. The molecule has 1 heterocycles. The summed E-state index contributed by atoms with van der Waals surface area (Å²) < 4.78 is 11.0. The van der Waals surface area contributed by atoms with Crippen LogP contribution in [0, 0.1) is 0 Å². The molecule has 0 bridgehead atoms. The van der Waals surface area contributed by atoms with Gasteiger partial charge in [0, 0.05) is 10.0 Å². The number of halogens is 1. The van der Waals surface area contributed by atoms with Crippen molar-refractivity contribution in [3.05, 3.63) is 33.0 Å². The molecule has 1 aromatic heterocycles. The normalized spacial score (nSPS) is 10.3. The van der Waals surface area contributed by atoms with Crippen LogP contribution in [-0.4, -0.2) is 29.3 Å². The summed E-state index contributed by atoms with van der Waals surface area (Å²) in [6.07, 6.45) is 0. The van der Waals surface area contributed by atoms with Crippen molar-refractivity contribution in [2.24, 2.45) is 0 Å². The van der Waals surface area contributed by atoms with Crippen molar-refractivity contribution >= 4 is 15.9 Å². The number of nitrogens with one attached hydrogen (secondary N) is 1. The van der Waals surface area contributed by atoms with E-state index in [1.54, 1.807) is 12.1 Å². The van der Waals surface area contributed by atoms with Crippen molar-refractivity contribution in [2.75, 3.05) is 14.2 Å². The number of aromatic hydroxyl groups is 1.